The quantitative estimate of drug-likeness (QED) is 0.390. The Kier molecular flexibility index (Phi) is 10.2. The summed E-state index contributed by atoms with van der Waals surface area (Å²) >= 11 is 0. The standard InChI is InChI=1S/C19H29N3O3/c1-2-21-19(25)16(13-15-9-5-3-6-10-15)17(23)14-22-18(24)11-7-4-8-12-20/h3,5-6,9-10,16H,2,4,7-8,11-14,20H2,1H3,(H,21,25)(H,22,24). The van der Waals surface area contributed by atoms with Gasteiger partial charge in [0.15, 0.2) is 5.78 Å². The second-order valence-electron chi connectivity index (χ2n) is 5.98. The summed E-state index contributed by atoms with van der Waals surface area (Å²) in [6.07, 6.45) is 3.24. The molecule has 1 aromatic rings. The summed E-state index contributed by atoms with van der Waals surface area (Å²) in [5.74, 6) is -1.53. The van der Waals surface area contributed by atoms with E-state index in [1.54, 1.807) is 0 Å². The SMILES string of the molecule is CCNC(=O)C(Cc1ccccc1)C(=O)CNC(=O)CCCCCN. The van der Waals surface area contributed by atoms with E-state index >= 15 is 0 Å². The first-order chi connectivity index (χ1) is 12.1. The van der Waals surface area contributed by atoms with Crippen molar-refractivity contribution in [1.29, 1.82) is 0 Å². The molecule has 1 rings (SSSR count). The van der Waals surface area contributed by atoms with Crippen LogP contribution in [0, 0.1) is 5.92 Å². The van der Waals surface area contributed by atoms with Crippen molar-refractivity contribution >= 4 is 17.6 Å². The van der Waals surface area contributed by atoms with Crippen LogP contribution < -0.4 is 16.4 Å². The van der Waals surface area contributed by atoms with Gasteiger partial charge in [-0.25, -0.2) is 0 Å². The maximum absolute atomic E-state index is 12.5. The third kappa shape index (κ3) is 8.44. The van der Waals surface area contributed by atoms with E-state index in [9.17, 15) is 14.4 Å². The number of nitrogens with one attached hydrogen (secondary N) is 2. The highest BCUT2D eigenvalue weighted by molar-refractivity contribution is 6.03. The molecule has 25 heavy (non-hydrogen) atoms. The highest BCUT2D eigenvalue weighted by Gasteiger charge is 2.26. The number of unbranched alkanes of at least 4 members (excludes halogenated alkanes) is 2. The fourth-order valence-electron chi connectivity index (χ4n) is 2.50. The Hall–Kier alpha value is -2.21. The Morgan fingerprint density at radius 3 is 2.40 bits per heavy atom. The average Bonchev–Trinajstić information content (AvgIpc) is 2.62. The molecule has 0 radical (unpaired) electrons. The van der Waals surface area contributed by atoms with E-state index in [2.05, 4.69) is 10.6 Å². The molecule has 1 aromatic carbocycles. The smallest absolute Gasteiger partial charge is 0.230 e. The number of carbonyl (C=O) groups excluding carboxylic acids is 3. The van der Waals surface area contributed by atoms with Gasteiger partial charge in [0.05, 0.1) is 6.54 Å². The highest BCUT2D eigenvalue weighted by Crippen LogP contribution is 2.10. The third-order valence-corrected chi connectivity index (χ3v) is 3.91. The van der Waals surface area contributed by atoms with Crippen molar-refractivity contribution in [2.24, 2.45) is 11.7 Å². The lowest BCUT2D eigenvalue weighted by atomic mass is 9.94. The molecular formula is C19H29N3O3. The van der Waals surface area contributed by atoms with Crippen molar-refractivity contribution in [1.82, 2.24) is 10.6 Å². The summed E-state index contributed by atoms with van der Waals surface area (Å²) in [6.45, 7) is 2.77. The molecular weight excluding hydrogens is 318 g/mol. The molecule has 6 heteroatoms. The summed E-state index contributed by atoms with van der Waals surface area (Å²) < 4.78 is 0. The fourth-order valence-corrected chi connectivity index (χ4v) is 2.50. The van der Waals surface area contributed by atoms with Crippen molar-refractivity contribution in [3.05, 3.63) is 35.9 Å². The molecule has 138 valence electrons. The Bertz CT molecular complexity index is 546. The average molecular weight is 347 g/mol. The van der Waals surface area contributed by atoms with Crippen molar-refractivity contribution in [2.45, 2.75) is 39.0 Å². The summed E-state index contributed by atoms with van der Waals surface area (Å²) in [4.78, 5) is 36.5. The molecule has 0 saturated carbocycles. The second-order valence-corrected chi connectivity index (χ2v) is 5.98. The van der Waals surface area contributed by atoms with E-state index in [4.69, 9.17) is 5.73 Å². The minimum atomic E-state index is -0.792. The number of ketones is 1. The number of carbonyl (C=O) groups is 3. The Morgan fingerprint density at radius 2 is 1.76 bits per heavy atom. The molecule has 4 N–H and O–H groups in total. The van der Waals surface area contributed by atoms with Crippen LogP contribution in [-0.2, 0) is 20.8 Å². The Morgan fingerprint density at radius 1 is 1.04 bits per heavy atom. The third-order valence-electron chi connectivity index (χ3n) is 3.91. The number of rotatable bonds is 12. The van der Waals surface area contributed by atoms with Gasteiger partial charge in [0.1, 0.15) is 5.92 Å². The highest BCUT2D eigenvalue weighted by atomic mass is 16.2. The molecule has 0 aliphatic heterocycles. The largest absolute Gasteiger partial charge is 0.356 e. The van der Waals surface area contributed by atoms with Gasteiger partial charge in [-0.1, -0.05) is 36.8 Å². The van der Waals surface area contributed by atoms with Crippen molar-refractivity contribution in [2.75, 3.05) is 19.6 Å². The molecule has 6 nitrogen and oxygen atoms in total. The maximum Gasteiger partial charge on any atom is 0.230 e. The second kappa shape index (κ2) is 12.2. The molecule has 0 heterocycles. The molecule has 1 atom stereocenters. The molecule has 0 aromatic heterocycles. The zero-order valence-electron chi connectivity index (χ0n) is 14.9. The Labute approximate surface area is 149 Å². The van der Waals surface area contributed by atoms with E-state index in [0.29, 0.717) is 25.9 Å². The van der Waals surface area contributed by atoms with Gasteiger partial charge in [0.25, 0.3) is 0 Å². The lowest BCUT2D eigenvalue weighted by molar-refractivity contribution is -0.135. The first kappa shape index (κ1) is 20.8. The normalized spacial score (nSPS) is 11.6. The van der Waals surface area contributed by atoms with Crippen LogP contribution in [0.2, 0.25) is 0 Å². The van der Waals surface area contributed by atoms with Gasteiger partial charge >= 0.3 is 0 Å². The molecule has 0 spiro atoms. The lowest BCUT2D eigenvalue weighted by Crippen LogP contribution is -2.41. The van der Waals surface area contributed by atoms with Crippen LogP contribution in [0.1, 0.15) is 38.2 Å². The first-order valence-corrected chi connectivity index (χ1v) is 8.89. The lowest BCUT2D eigenvalue weighted by Gasteiger charge is -2.16. The molecule has 0 fully saturated rings. The topological polar surface area (TPSA) is 101 Å². The Balaban J connectivity index is 2.54. The number of amides is 2. The van der Waals surface area contributed by atoms with Crippen LogP contribution in [0.4, 0.5) is 0 Å². The van der Waals surface area contributed by atoms with Gasteiger partial charge in [0.2, 0.25) is 11.8 Å². The molecule has 2 amide bonds. The maximum atomic E-state index is 12.5. The van der Waals surface area contributed by atoms with Crippen LogP contribution in [0.15, 0.2) is 30.3 Å². The van der Waals surface area contributed by atoms with E-state index in [1.165, 1.54) is 0 Å². The molecule has 0 aliphatic carbocycles. The molecule has 0 saturated heterocycles. The van der Waals surface area contributed by atoms with E-state index in [-0.39, 0.29) is 24.1 Å². The van der Waals surface area contributed by atoms with Crippen LogP contribution in [0.5, 0.6) is 0 Å². The predicted octanol–water partition coefficient (Wildman–Crippen LogP) is 1.19. The monoisotopic (exact) mass is 347 g/mol. The van der Waals surface area contributed by atoms with E-state index < -0.39 is 5.92 Å². The first-order valence-electron chi connectivity index (χ1n) is 8.89. The van der Waals surface area contributed by atoms with Crippen molar-refractivity contribution in [3.63, 3.8) is 0 Å². The molecule has 0 bridgehead atoms. The van der Waals surface area contributed by atoms with Gasteiger partial charge < -0.3 is 16.4 Å². The van der Waals surface area contributed by atoms with Crippen molar-refractivity contribution in [3.8, 4) is 0 Å². The summed E-state index contributed by atoms with van der Waals surface area (Å²) in [5.41, 5.74) is 6.33. The van der Waals surface area contributed by atoms with Crippen LogP contribution >= 0.6 is 0 Å². The minimum absolute atomic E-state index is 0.121. The summed E-state index contributed by atoms with van der Waals surface area (Å²) in [6, 6.07) is 9.40. The van der Waals surface area contributed by atoms with Crippen LogP contribution in [0.25, 0.3) is 0 Å². The zero-order valence-corrected chi connectivity index (χ0v) is 14.9. The van der Waals surface area contributed by atoms with Crippen LogP contribution in [-0.4, -0.2) is 37.2 Å². The van der Waals surface area contributed by atoms with E-state index in [0.717, 1.165) is 24.8 Å². The van der Waals surface area contributed by atoms with Crippen molar-refractivity contribution < 1.29 is 14.4 Å². The predicted molar refractivity (Wildman–Crippen MR) is 97.9 cm³/mol. The van der Waals surface area contributed by atoms with Crippen LogP contribution in [0.3, 0.4) is 0 Å². The molecule has 1 unspecified atom stereocenters. The fraction of sp³-hybridized carbons (Fsp3) is 0.526. The van der Waals surface area contributed by atoms with Gasteiger partial charge in [0, 0.05) is 13.0 Å². The van der Waals surface area contributed by atoms with Gasteiger partial charge in [-0.3, -0.25) is 14.4 Å². The van der Waals surface area contributed by atoms with Gasteiger partial charge in [-0.15, -0.1) is 0 Å². The minimum Gasteiger partial charge on any atom is -0.356 e. The van der Waals surface area contributed by atoms with Gasteiger partial charge in [-0.2, -0.15) is 0 Å². The number of Topliss-reactive ketones (excluding diaryl/α,β-unsaturated/α-hetero) is 1. The number of hydrogen-bond donors (Lipinski definition) is 3. The summed E-state index contributed by atoms with van der Waals surface area (Å²) in [5, 5.41) is 5.32. The number of benzene rings is 1. The summed E-state index contributed by atoms with van der Waals surface area (Å²) in [7, 11) is 0. The van der Waals surface area contributed by atoms with Gasteiger partial charge in [-0.05, 0) is 38.3 Å². The van der Waals surface area contributed by atoms with E-state index in [1.807, 2.05) is 37.3 Å². The zero-order chi connectivity index (χ0) is 18.5. The number of nitrogens with two attached hydrogens (primary N) is 1. The number of hydrogen-bond acceptors (Lipinski definition) is 4. The molecule has 0 aliphatic rings.